The van der Waals surface area contributed by atoms with E-state index in [1.165, 1.54) is 18.2 Å². The summed E-state index contributed by atoms with van der Waals surface area (Å²) in [5.74, 6) is -3.69. The molecule has 0 amide bonds. The third-order valence-electron chi connectivity index (χ3n) is 2.46. The lowest BCUT2D eigenvalue weighted by Gasteiger charge is -2.12. The van der Waals surface area contributed by atoms with Gasteiger partial charge in [0.05, 0.1) is 4.47 Å². The Balaban J connectivity index is 2.49. The average Bonchev–Trinajstić information content (AvgIpc) is 2.58. The molecule has 2 N–H and O–H groups in total. The maximum absolute atomic E-state index is 13.4. The molecular formula is C9H7BrF3N. The van der Waals surface area contributed by atoms with Gasteiger partial charge in [-0.15, -0.1) is 0 Å². The Bertz CT molecular complexity index is 394. The van der Waals surface area contributed by atoms with Gasteiger partial charge in [0.1, 0.15) is 11.4 Å². The molecule has 0 aromatic heterocycles. The number of halogens is 4. The van der Waals surface area contributed by atoms with Gasteiger partial charge in [-0.3, -0.25) is 0 Å². The third-order valence-corrected chi connectivity index (χ3v) is 3.07. The maximum Gasteiger partial charge on any atom is 0.272 e. The lowest BCUT2D eigenvalue weighted by Crippen LogP contribution is -2.28. The van der Waals surface area contributed by atoms with Crippen LogP contribution in [0.4, 0.5) is 13.2 Å². The lowest BCUT2D eigenvalue weighted by atomic mass is 10.1. The van der Waals surface area contributed by atoms with Crippen LogP contribution in [0.5, 0.6) is 0 Å². The normalized spacial score (nSPS) is 28.9. The van der Waals surface area contributed by atoms with E-state index in [4.69, 9.17) is 5.73 Å². The fraction of sp³-hybridized carbons (Fsp3) is 0.333. The molecule has 0 spiro atoms. The Morgan fingerprint density at radius 2 is 1.93 bits per heavy atom. The molecule has 1 aliphatic rings. The highest BCUT2D eigenvalue weighted by atomic mass is 79.9. The summed E-state index contributed by atoms with van der Waals surface area (Å²) in [4.78, 5) is 0. The van der Waals surface area contributed by atoms with E-state index in [1.54, 1.807) is 0 Å². The van der Waals surface area contributed by atoms with E-state index in [9.17, 15) is 13.2 Å². The second kappa shape index (κ2) is 2.73. The van der Waals surface area contributed by atoms with Crippen molar-refractivity contribution >= 4 is 15.9 Å². The van der Waals surface area contributed by atoms with Gasteiger partial charge < -0.3 is 5.73 Å². The number of rotatable bonds is 1. The minimum Gasteiger partial charge on any atom is -0.316 e. The van der Waals surface area contributed by atoms with E-state index in [2.05, 4.69) is 15.9 Å². The first-order chi connectivity index (χ1) is 6.38. The standard InChI is InChI=1S/C9H7BrF3N/c10-6-3-1-2-5(7(6)11)8(14)4-9(8,12)13/h1-3H,4,14H2. The zero-order valence-corrected chi connectivity index (χ0v) is 8.61. The minimum atomic E-state index is -2.99. The monoisotopic (exact) mass is 265 g/mol. The summed E-state index contributed by atoms with van der Waals surface area (Å²) >= 11 is 2.93. The van der Waals surface area contributed by atoms with Crippen LogP contribution in [0.1, 0.15) is 12.0 Å². The number of nitrogens with two attached hydrogens (primary N) is 1. The summed E-state index contributed by atoms with van der Waals surface area (Å²) in [6, 6.07) is 4.23. The SMILES string of the molecule is NC1(c2cccc(Br)c2F)CC1(F)F. The topological polar surface area (TPSA) is 26.0 Å². The van der Waals surface area contributed by atoms with Crippen molar-refractivity contribution in [1.29, 1.82) is 0 Å². The van der Waals surface area contributed by atoms with Gasteiger partial charge >= 0.3 is 0 Å². The first kappa shape index (κ1) is 9.98. The molecule has 0 saturated heterocycles. The Hall–Kier alpha value is -0.550. The molecule has 1 saturated carbocycles. The molecule has 2 rings (SSSR count). The second-order valence-corrected chi connectivity index (χ2v) is 4.31. The quantitative estimate of drug-likeness (QED) is 0.831. The third kappa shape index (κ3) is 1.19. The van der Waals surface area contributed by atoms with Crippen molar-refractivity contribution in [1.82, 2.24) is 0 Å². The molecule has 1 aliphatic carbocycles. The largest absolute Gasteiger partial charge is 0.316 e. The second-order valence-electron chi connectivity index (χ2n) is 3.45. The van der Waals surface area contributed by atoms with E-state index in [0.29, 0.717) is 0 Å². The highest BCUT2D eigenvalue weighted by Crippen LogP contribution is 2.58. The van der Waals surface area contributed by atoms with Crippen LogP contribution in [0, 0.1) is 5.82 Å². The van der Waals surface area contributed by atoms with Gasteiger partial charge in [-0.1, -0.05) is 12.1 Å². The Morgan fingerprint density at radius 3 is 2.43 bits per heavy atom. The molecule has 0 aliphatic heterocycles. The predicted octanol–water partition coefficient (Wildman–Crippen LogP) is 2.78. The minimum absolute atomic E-state index is 0.128. The molecule has 5 heteroatoms. The van der Waals surface area contributed by atoms with Gasteiger partial charge in [0.2, 0.25) is 0 Å². The van der Waals surface area contributed by atoms with Gasteiger partial charge in [0.15, 0.2) is 0 Å². The Kier molecular flexibility index (Phi) is 1.95. The Labute approximate surface area is 87.2 Å². The molecule has 76 valence electrons. The van der Waals surface area contributed by atoms with Gasteiger partial charge in [-0.2, -0.15) is 0 Å². The molecule has 14 heavy (non-hydrogen) atoms. The molecule has 1 nitrogen and oxygen atoms in total. The van der Waals surface area contributed by atoms with Crippen molar-refractivity contribution < 1.29 is 13.2 Å². The molecule has 1 aromatic rings. The van der Waals surface area contributed by atoms with Crippen LogP contribution in [-0.4, -0.2) is 5.92 Å². The highest BCUT2D eigenvalue weighted by Gasteiger charge is 2.70. The molecule has 0 heterocycles. The molecular weight excluding hydrogens is 259 g/mol. The van der Waals surface area contributed by atoms with Crippen molar-refractivity contribution in [2.45, 2.75) is 17.9 Å². The highest BCUT2D eigenvalue weighted by molar-refractivity contribution is 9.10. The molecule has 1 unspecified atom stereocenters. The average molecular weight is 266 g/mol. The fourth-order valence-electron chi connectivity index (χ4n) is 1.45. The first-order valence-corrected chi connectivity index (χ1v) is 4.79. The van der Waals surface area contributed by atoms with E-state index >= 15 is 0 Å². The number of hydrogen-bond acceptors (Lipinski definition) is 1. The van der Waals surface area contributed by atoms with Crippen molar-refractivity contribution in [3.05, 3.63) is 34.1 Å². The van der Waals surface area contributed by atoms with Crippen LogP contribution < -0.4 is 5.73 Å². The maximum atomic E-state index is 13.4. The van der Waals surface area contributed by atoms with Crippen LogP contribution in [0.2, 0.25) is 0 Å². The lowest BCUT2D eigenvalue weighted by molar-refractivity contribution is 0.0881. The van der Waals surface area contributed by atoms with Crippen LogP contribution in [0.15, 0.2) is 22.7 Å². The molecule has 0 radical (unpaired) electrons. The number of benzene rings is 1. The van der Waals surface area contributed by atoms with Crippen LogP contribution in [0.3, 0.4) is 0 Å². The fourth-order valence-corrected chi connectivity index (χ4v) is 1.81. The summed E-state index contributed by atoms with van der Waals surface area (Å²) in [5.41, 5.74) is 3.46. The van der Waals surface area contributed by atoms with Gasteiger partial charge in [-0.25, -0.2) is 13.2 Å². The zero-order chi connectivity index (χ0) is 10.6. The summed E-state index contributed by atoms with van der Waals surface area (Å²) in [5, 5.41) is 0. The summed E-state index contributed by atoms with van der Waals surface area (Å²) in [6.07, 6.45) is -0.493. The van der Waals surface area contributed by atoms with Crippen molar-refractivity contribution in [3.8, 4) is 0 Å². The molecule has 1 aromatic carbocycles. The van der Waals surface area contributed by atoms with Crippen LogP contribution >= 0.6 is 15.9 Å². The van der Waals surface area contributed by atoms with Crippen molar-refractivity contribution in [2.75, 3.05) is 0 Å². The summed E-state index contributed by atoms with van der Waals surface area (Å²) in [7, 11) is 0. The predicted molar refractivity (Wildman–Crippen MR) is 49.5 cm³/mol. The summed E-state index contributed by atoms with van der Waals surface area (Å²) in [6.45, 7) is 0. The van der Waals surface area contributed by atoms with Crippen LogP contribution in [-0.2, 0) is 5.54 Å². The van der Waals surface area contributed by atoms with Gasteiger partial charge in [0, 0.05) is 12.0 Å². The van der Waals surface area contributed by atoms with E-state index in [0.717, 1.165) is 0 Å². The van der Waals surface area contributed by atoms with Gasteiger partial charge in [-0.05, 0) is 22.0 Å². The smallest absolute Gasteiger partial charge is 0.272 e. The molecule has 0 bridgehead atoms. The summed E-state index contributed by atoms with van der Waals surface area (Å²) < 4.78 is 39.3. The number of alkyl halides is 2. The van der Waals surface area contributed by atoms with Crippen molar-refractivity contribution in [2.24, 2.45) is 5.73 Å². The van der Waals surface area contributed by atoms with E-state index < -0.39 is 23.7 Å². The van der Waals surface area contributed by atoms with Crippen LogP contribution in [0.25, 0.3) is 0 Å². The molecule has 1 fully saturated rings. The molecule has 1 atom stereocenters. The van der Waals surface area contributed by atoms with E-state index in [-0.39, 0.29) is 10.0 Å². The zero-order valence-electron chi connectivity index (χ0n) is 7.03. The van der Waals surface area contributed by atoms with Gasteiger partial charge in [0.25, 0.3) is 5.92 Å². The Morgan fingerprint density at radius 1 is 1.36 bits per heavy atom. The first-order valence-electron chi connectivity index (χ1n) is 4.00. The number of hydrogen-bond donors (Lipinski definition) is 1. The van der Waals surface area contributed by atoms with Crippen molar-refractivity contribution in [3.63, 3.8) is 0 Å². The van der Waals surface area contributed by atoms with E-state index in [1.807, 2.05) is 0 Å².